The molecule has 0 bridgehead atoms. The molecule has 0 fully saturated rings. The van der Waals surface area contributed by atoms with Crippen LogP contribution in [0.15, 0.2) is 12.1 Å². The van der Waals surface area contributed by atoms with Crippen LogP contribution in [0, 0.1) is 0 Å². The number of rotatable bonds is 2. The number of pyridine rings is 1. The first-order valence-corrected chi connectivity index (χ1v) is 5.29. The molecule has 0 aliphatic carbocycles. The summed E-state index contributed by atoms with van der Waals surface area (Å²) in [6.45, 7) is 3.58. The fraction of sp³-hybridized carbons (Fsp3) is 0.300. The molecule has 2 aromatic rings. The molecule has 0 saturated carbocycles. The van der Waals surface area contributed by atoms with Crippen molar-refractivity contribution in [1.29, 1.82) is 0 Å². The van der Waals surface area contributed by atoms with Gasteiger partial charge < -0.3 is 0 Å². The lowest BCUT2D eigenvalue weighted by Crippen LogP contribution is -1.94. The van der Waals surface area contributed by atoms with Gasteiger partial charge in [-0.25, -0.2) is 9.97 Å². The fourth-order valence-corrected chi connectivity index (χ4v) is 2.08. The Morgan fingerprint density at radius 3 is 2.86 bits per heavy atom. The van der Waals surface area contributed by atoms with E-state index in [4.69, 9.17) is 0 Å². The Bertz CT molecular complexity index is 490. The van der Waals surface area contributed by atoms with E-state index in [1.807, 2.05) is 6.07 Å². The van der Waals surface area contributed by atoms with Crippen LogP contribution in [0.4, 0.5) is 0 Å². The van der Waals surface area contributed by atoms with Gasteiger partial charge in [-0.05, 0) is 18.6 Å². The predicted octanol–water partition coefficient (Wildman–Crippen LogP) is 2.46. The van der Waals surface area contributed by atoms with E-state index >= 15 is 0 Å². The third-order valence-corrected chi connectivity index (χ3v) is 3.07. The summed E-state index contributed by atoms with van der Waals surface area (Å²) in [4.78, 5) is 20.6. The summed E-state index contributed by atoms with van der Waals surface area (Å²) >= 11 is 1.55. The van der Waals surface area contributed by atoms with E-state index in [0.29, 0.717) is 5.69 Å². The van der Waals surface area contributed by atoms with Crippen molar-refractivity contribution in [2.45, 2.75) is 20.3 Å². The lowest BCUT2D eigenvalue weighted by atomic mass is 10.3. The zero-order chi connectivity index (χ0) is 10.1. The number of Topliss-reactive ketones (excluding diaryl/α,β-unsaturated/α-hetero) is 1. The van der Waals surface area contributed by atoms with Crippen LogP contribution in [-0.4, -0.2) is 15.8 Å². The maximum Gasteiger partial charge on any atom is 0.178 e. The monoisotopic (exact) mass is 206 g/mol. The average molecular weight is 206 g/mol. The summed E-state index contributed by atoms with van der Waals surface area (Å²) in [5, 5.41) is 1.06. The van der Waals surface area contributed by atoms with Gasteiger partial charge in [0.1, 0.15) is 16.0 Å². The van der Waals surface area contributed by atoms with E-state index < -0.39 is 0 Å². The summed E-state index contributed by atoms with van der Waals surface area (Å²) < 4.78 is 0. The zero-order valence-electron chi connectivity index (χ0n) is 8.07. The number of hydrogen-bond donors (Lipinski definition) is 0. The normalized spacial score (nSPS) is 10.7. The van der Waals surface area contributed by atoms with Crippen molar-refractivity contribution < 1.29 is 4.79 Å². The second-order valence-electron chi connectivity index (χ2n) is 3.04. The highest BCUT2D eigenvalue weighted by molar-refractivity contribution is 7.18. The van der Waals surface area contributed by atoms with Gasteiger partial charge in [-0.1, -0.05) is 18.3 Å². The highest BCUT2D eigenvalue weighted by atomic mass is 32.1. The lowest BCUT2D eigenvalue weighted by molar-refractivity contribution is 0.101. The van der Waals surface area contributed by atoms with Crippen molar-refractivity contribution in [3.8, 4) is 0 Å². The predicted molar refractivity (Wildman–Crippen MR) is 56.8 cm³/mol. The summed E-state index contributed by atoms with van der Waals surface area (Å²) in [6, 6.07) is 3.58. The first kappa shape index (κ1) is 9.27. The minimum absolute atomic E-state index is 0.00153. The van der Waals surface area contributed by atoms with Crippen LogP contribution < -0.4 is 0 Å². The minimum atomic E-state index is -0.00153. The molecule has 0 aliphatic rings. The Balaban J connectivity index is 2.59. The number of carbonyl (C=O) groups excluding carboxylic acids is 1. The van der Waals surface area contributed by atoms with Crippen LogP contribution in [0.25, 0.3) is 10.3 Å². The molecule has 2 heterocycles. The van der Waals surface area contributed by atoms with Crippen molar-refractivity contribution in [3.05, 3.63) is 22.8 Å². The molecule has 2 aromatic heterocycles. The third-order valence-electron chi connectivity index (χ3n) is 1.96. The molecule has 0 N–H and O–H groups in total. The number of aromatic nitrogens is 2. The number of ketones is 1. The number of nitrogens with zero attached hydrogens (tertiary/aromatic N) is 2. The van der Waals surface area contributed by atoms with Gasteiger partial charge in [0.2, 0.25) is 0 Å². The molecule has 72 valence electrons. The number of carbonyl (C=O) groups is 1. The summed E-state index contributed by atoms with van der Waals surface area (Å²) in [5.74, 6) is -0.00153. The Morgan fingerprint density at radius 2 is 2.21 bits per heavy atom. The summed E-state index contributed by atoms with van der Waals surface area (Å²) in [6.07, 6.45) is 0.913. The van der Waals surface area contributed by atoms with Gasteiger partial charge >= 0.3 is 0 Å². The van der Waals surface area contributed by atoms with Gasteiger partial charge in [-0.3, -0.25) is 4.79 Å². The van der Waals surface area contributed by atoms with E-state index in [0.717, 1.165) is 21.8 Å². The Labute approximate surface area is 85.8 Å². The molecule has 0 aliphatic heterocycles. The van der Waals surface area contributed by atoms with Crippen LogP contribution in [0.1, 0.15) is 29.3 Å². The first-order valence-electron chi connectivity index (χ1n) is 4.48. The van der Waals surface area contributed by atoms with E-state index in [9.17, 15) is 4.79 Å². The Hall–Kier alpha value is -1.29. The Morgan fingerprint density at radius 1 is 1.43 bits per heavy atom. The molecule has 0 unspecified atom stereocenters. The van der Waals surface area contributed by atoms with E-state index in [2.05, 4.69) is 16.9 Å². The standard InChI is InChI=1S/C10H10N2OS/c1-3-9-11-8-5-4-7(6(2)13)12-10(8)14-9/h4-5H,3H2,1-2H3. The third kappa shape index (κ3) is 1.53. The Kier molecular flexibility index (Phi) is 2.29. The second kappa shape index (κ2) is 3.46. The van der Waals surface area contributed by atoms with Gasteiger partial charge in [0.25, 0.3) is 0 Å². The molecule has 0 spiro atoms. The van der Waals surface area contributed by atoms with Crippen molar-refractivity contribution in [2.75, 3.05) is 0 Å². The van der Waals surface area contributed by atoms with Crippen molar-refractivity contribution in [1.82, 2.24) is 9.97 Å². The van der Waals surface area contributed by atoms with Crippen LogP contribution in [-0.2, 0) is 6.42 Å². The van der Waals surface area contributed by atoms with Gasteiger partial charge in [0, 0.05) is 6.92 Å². The van der Waals surface area contributed by atoms with Gasteiger partial charge in [0.15, 0.2) is 5.78 Å². The van der Waals surface area contributed by atoms with Gasteiger partial charge in [-0.2, -0.15) is 0 Å². The van der Waals surface area contributed by atoms with Crippen molar-refractivity contribution >= 4 is 27.5 Å². The maximum absolute atomic E-state index is 11.1. The largest absolute Gasteiger partial charge is 0.293 e. The quantitative estimate of drug-likeness (QED) is 0.709. The molecule has 0 atom stereocenters. The van der Waals surface area contributed by atoms with E-state index in [1.54, 1.807) is 17.4 Å². The van der Waals surface area contributed by atoms with Gasteiger partial charge in [-0.15, -0.1) is 0 Å². The summed E-state index contributed by atoms with van der Waals surface area (Å²) in [5.41, 5.74) is 1.40. The highest BCUT2D eigenvalue weighted by Crippen LogP contribution is 2.20. The van der Waals surface area contributed by atoms with Crippen LogP contribution in [0.3, 0.4) is 0 Å². The molecule has 0 amide bonds. The minimum Gasteiger partial charge on any atom is -0.293 e. The van der Waals surface area contributed by atoms with E-state index in [-0.39, 0.29) is 5.78 Å². The number of hydrogen-bond acceptors (Lipinski definition) is 4. The molecule has 2 rings (SSSR count). The van der Waals surface area contributed by atoms with E-state index in [1.165, 1.54) is 6.92 Å². The molecule has 0 aromatic carbocycles. The molecular weight excluding hydrogens is 196 g/mol. The fourth-order valence-electron chi connectivity index (χ4n) is 1.21. The van der Waals surface area contributed by atoms with Crippen LogP contribution >= 0.6 is 11.3 Å². The molecule has 4 heteroatoms. The lowest BCUT2D eigenvalue weighted by Gasteiger charge is -1.92. The molecular formula is C10H10N2OS. The van der Waals surface area contributed by atoms with Crippen LogP contribution in [0.2, 0.25) is 0 Å². The van der Waals surface area contributed by atoms with Crippen LogP contribution in [0.5, 0.6) is 0 Å². The molecule has 14 heavy (non-hydrogen) atoms. The smallest absolute Gasteiger partial charge is 0.178 e. The van der Waals surface area contributed by atoms with Crippen molar-refractivity contribution in [2.24, 2.45) is 0 Å². The highest BCUT2D eigenvalue weighted by Gasteiger charge is 2.06. The first-order chi connectivity index (χ1) is 6.70. The SMILES string of the molecule is CCc1nc2ccc(C(C)=O)nc2s1. The summed E-state index contributed by atoms with van der Waals surface area (Å²) in [7, 11) is 0. The molecule has 0 radical (unpaired) electrons. The van der Waals surface area contributed by atoms with Crippen molar-refractivity contribution in [3.63, 3.8) is 0 Å². The maximum atomic E-state index is 11.1. The second-order valence-corrected chi connectivity index (χ2v) is 4.10. The average Bonchev–Trinajstić information content (AvgIpc) is 2.58. The topological polar surface area (TPSA) is 42.9 Å². The van der Waals surface area contributed by atoms with Gasteiger partial charge in [0.05, 0.1) is 5.01 Å². The zero-order valence-corrected chi connectivity index (χ0v) is 8.89. The number of thiazole rings is 1. The number of fused-ring (bicyclic) bond motifs is 1. The molecule has 3 nitrogen and oxygen atoms in total. The molecule has 0 saturated heterocycles. The number of aryl methyl sites for hydroxylation is 1.